The molecule has 108 valence electrons. The van der Waals surface area contributed by atoms with E-state index in [-0.39, 0.29) is 0 Å². The maximum absolute atomic E-state index is 5.78. The summed E-state index contributed by atoms with van der Waals surface area (Å²) in [5.74, 6) is 1.76. The first-order chi connectivity index (χ1) is 10.3. The molecule has 0 atom stereocenters. The highest BCUT2D eigenvalue weighted by Gasteiger charge is 2.03. The SMILES string of the molecule is COc1ccc2c(ccn2CCOc2cccc(Br)c2)c1. The molecule has 0 N–H and O–H groups in total. The number of methoxy groups -OCH3 is 1. The van der Waals surface area contributed by atoms with Crippen LogP contribution in [0.15, 0.2) is 59.2 Å². The topological polar surface area (TPSA) is 23.4 Å². The van der Waals surface area contributed by atoms with Crippen molar-refractivity contribution >= 4 is 26.8 Å². The van der Waals surface area contributed by atoms with Crippen molar-refractivity contribution in [2.45, 2.75) is 6.54 Å². The Morgan fingerprint density at radius 2 is 1.95 bits per heavy atom. The van der Waals surface area contributed by atoms with Gasteiger partial charge in [-0.3, -0.25) is 0 Å². The van der Waals surface area contributed by atoms with Crippen LogP contribution in [0, 0.1) is 0 Å². The second kappa shape index (κ2) is 6.22. The summed E-state index contributed by atoms with van der Waals surface area (Å²) in [7, 11) is 1.68. The smallest absolute Gasteiger partial charge is 0.120 e. The number of fused-ring (bicyclic) bond motifs is 1. The van der Waals surface area contributed by atoms with Crippen molar-refractivity contribution in [3.05, 3.63) is 59.2 Å². The quantitative estimate of drug-likeness (QED) is 0.679. The monoisotopic (exact) mass is 345 g/mol. The summed E-state index contributed by atoms with van der Waals surface area (Å²) < 4.78 is 14.2. The lowest BCUT2D eigenvalue weighted by molar-refractivity contribution is 0.300. The summed E-state index contributed by atoms with van der Waals surface area (Å²) in [6, 6.07) is 16.1. The van der Waals surface area contributed by atoms with Crippen molar-refractivity contribution in [3.8, 4) is 11.5 Å². The predicted octanol–water partition coefficient (Wildman–Crippen LogP) is 4.49. The molecule has 0 saturated carbocycles. The molecule has 1 heterocycles. The number of hydrogen-bond acceptors (Lipinski definition) is 2. The highest BCUT2D eigenvalue weighted by molar-refractivity contribution is 9.10. The average Bonchev–Trinajstić information content (AvgIpc) is 2.90. The fourth-order valence-corrected chi connectivity index (χ4v) is 2.70. The molecule has 0 spiro atoms. The molecule has 3 aromatic rings. The molecule has 0 radical (unpaired) electrons. The molecule has 4 heteroatoms. The van der Waals surface area contributed by atoms with Gasteiger partial charge in [0, 0.05) is 21.6 Å². The Morgan fingerprint density at radius 3 is 2.76 bits per heavy atom. The van der Waals surface area contributed by atoms with E-state index in [1.165, 1.54) is 10.9 Å². The van der Waals surface area contributed by atoms with Gasteiger partial charge in [0.1, 0.15) is 18.1 Å². The molecule has 0 aliphatic heterocycles. The lowest BCUT2D eigenvalue weighted by atomic mass is 10.2. The highest BCUT2D eigenvalue weighted by Crippen LogP contribution is 2.22. The van der Waals surface area contributed by atoms with Crippen LogP contribution in [0.2, 0.25) is 0 Å². The number of rotatable bonds is 5. The van der Waals surface area contributed by atoms with E-state index in [4.69, 9.17) is 9.47 Å². The van der Waals surface area contributed by atoms with Crippen LogP contribution < -0.4 is 9.47 Å². The minimum atomic E-state index is 0.631. The minimum absolute atomic E-state index is 0.631. The number of halogens is 1. The van der Waals surface area contributed by atoms with Crippen LogP contribution >= 0.6 is 15.9 Å². The van der Waals surface area contributed by atoms with Crippen molar-refractivity contribution in [1.29, 1.82) is 0 Å². The van der Waals surface area contributed by atoms with E-state index in [0.717, 1.165) is 22.5 Å². The number of aromatic nitrogens is 1. The number of nitrogens with zero attached hydrogens (tertiary/aromatic N) is 1. The van der Waals surface area contributed by atoms with E-state index >= 15 is 0 Å². The molecule has 3 rings (SSSR count). The molecule has 0 fully saturated rings. The zero-order valence-corrected chi connectivity index (χ0v) is 13.3. The molecule has 2 aromatic carbocycles. The second-order valence-electron chi connectivity index (χ2n) is 4.74. The molecular formula is C17H16BrNO2. The van der Waals surface area contributed by atoms with Gasteiger partial charge in [-0.2, -0.15) is 0 Å². The summed E-state index contributed by atoms with van der Waals surface area (Å²) >= 11 is 3.44. The summed E-state index contributed by atoms with van der Waals surface area (Å²) in [5.41, 5.74) is 1.19. The Bertz CT molecular complexity index is 751. The van der Waals surface area contributed by atoms with E-state index in [1.807, 2.05) is 36.4 Å². The Morgan fingerprint density at radius 1 is 1.05 bits per heavy atom. The predicted molar refractivity (Wildman–Crippen MR) is 88.1 cm³/mol. The van der Waals surface area contributed by atoms with E-state index < -0.39 is 0 Å². The van der Waals surface area contributed by atoms with E-state index in [1.54, 1.807) is 7.11 Å². The summed E-state index contributed by atoms with van der Waals surface area (Å²) in [5, 5.41) is 1.18. The van der Waals surface area contributed by atoms with Gasteiger partial charge in [-0.25, -0.2) is 0 Å². The molecule has 0 unspecified atom stereocenters. The molecule has 0 aliphatic rings. The normalized spacial score (nSPS) is 10.8. The van der Waals surface area contributed by atoms with Crippen LogP contribution in [-0.4, -0.2) is 18.3 Å². The maximum Gasteiger partial charge on any atom is 0.120 e. The van der Waals surface area contributed by atoms with Crippen LogP contribution in [0.5, 0.6) is 11.5 Å². The zero-order chi connectivity index (χ0) is 14.7. The first-order valence-corrected chi connectivity index (χ1v) is 7.57. The Balaban J connectivity index is 1.68. The Labute approximate surface area is 132 Å². The fourth-order valence-electron chi connectivity index (χ4n) is 2.32. The minimum Gasteiger partial charge on any atom is -0.497 e. The van der Waals surface area contributed by atoms with Gasteiger partial charge in [0.05, 0.1) is 13.7 Å². The van der Waals surface area contributed by atoms with Gasteiger partial charge in [-0.15, -0.1) is 0 Å². The Hall–Kier alpha value is -1.94. The third-order valence-electron chi connectivity index (χ3n) is 3.38. The van der Waals surface area contributed by atoms with Crippen LogP contribution in [-0.2, 0) is 6.54 Å². The van der Waals surface area contributed by atoms with Crippen LogP contribution in [0.25, 0.3) is 10.9 Å². The van der Waals surface area contributed by atoms with E-state index in [9.17, 15) is 0 Å². The van der Waals surface area contributed by atoms with Crippen molar-refractivity contribution < 1.29 is 9.47 Å². The first kappa shape index (κ1) is 14.0. The Kier molecular flexibility index (Phi) is 4.15. The largest absolute Gasteiger partial charge is 0.497 e. The van der Waals surface area contributed by atoms with Gasteiger partial charge < -0.3 is 14.0 Å². The van der Waals surface area contributed by atoms with Crippen LogP contribution in [0.1, 0.15) is 0 Å². The standard InChI is InChI=1S/C17H16BrNO2/c1-20-15-5-6-17-13(11-15)7-8-19(17)9-10-21-16-4-2-3-14(18)12-16/h2-8,11-12H,9-10H2,1H3. The third kappa shape index (κ3) is 3.22. The van der Waals surface area contributed by atoms with Gasteiger partial charge in [-0.05, 0) is 42.5 Å². The van der Waals surface area contributed by atoms with Crippen molar-refractivity contribution in [2.75, 3.05) is 13.7 Å². The van der Waals surface area contributed by atoms with Gasteiger partial charge >= 0.3 is 0 Å². The van der Waals surface area contributed by atoms with Crippen molar-refractivity contribution in [1.82, 2.24) is 4.57 Å². The molecule has 3 nitrogen and oxygen atoms in total. The average molecular weight is 346 g/mol. The van der Waals surface area contributed by atoms with Gasteiger partial charge in [0.25, 0.3) is 0 Å². The summed E-state index contributed by atoms with van der Waals surface area (Å²) in [4.78, 5) is 0. The third-order valence-corrected chi connectivity index (χ3v) is 3.87. The molecule has 0 saturated heterocycles. The number of benzene rings is 2. The zero-order valence-electron chi connectivity index (χ0n) is 11.8. The highest BCUT2D eigenvalue weighted by atomic mass is 79.9. The van der Waals surface area contributed by atoms with Gasteiger partial charge in [-0.1, -0.05) is 22.0 Å². The van der Waals surface area contributed by atoms with Crippen LogP contribution in [0.4, 0.5) is 0 Å². The number of hydrogen-bond donors (Lipinski definition) is 0. The van der Waals surface area contributed by atoms with Gasteiger partial charge in [0.15, 0.2) is 0 Å². The molecular weight excluding hydrogens is 330 g/mol. The van der Waals surface area contributed by atoms with Gasteiger partial charge in [0.2, 0.25) is 0 Å². The molecule has 0 amide bonds. The van der Waals surface area contributed by atoms with Crippen molar-refractivity contribution in [2.24, 2.45) is 0 Å². The van der Waals surface area contributed by atoms with Crippen molar-refractivity contribution in [3.63, 3.8) is 0 Å². The van der Waals surface area contributed by atoms with E-state index in [0.29, 0.717) is 6.61 Å². The first-order valence-electron chi connectivity index (χ1n) is 6.77. The lowest BCUT2D eigenvalue weighted by Gasteiger charge is -2.09. The lowest BCUT2D eigenvalue weighted by Crippen LogP contribution is -2.07. The second-order valence-corrected chi connectivity index (χ2v) is 5.66. The maximum atomic E-state index is 5.78. The summed E-state index contributed by atoms with van der Waals surface area (Å²) in [6.07, 6.45) is 2.08. The molecule has 1 aromatic heterocycles. The fraction of sp³-hybridized carbons (Fsp3) is 0.176. The van der Waals surface area contributed by atoms with Crippen LogP contribution in [0.3, 0.4) is 0 Å². The number of ether oxygens (including phenoxy) is 2. The molecule has 0 aliphatic carbocycles. The molecule has 21 heavy (non-hydrogen) atoms. The summed E-state index contributed by atoms with van der Waals surface area (Å²) in [6.45, 7) is 1.44. The van der Waals surface area contributed by atoms with E-state index in [2.05, 4.69) is 38.8 Å². The molecule has 0 bridgehead atoms.